The molecule has 0 saturated heterocycles. The number of furan rings is 1. The van der Waals surface area contributed by atoms with Crippen molar-refractivity contribution < 1.29 is 13.9 Å². The molecule has 3 rings (SSSR count). The van der Waals surface area contributed by atoms with Gasteiger partial charge in [0, 0.05) is 24.8 Å². The molecule has 0 saturated carbocycles. The maximum Gasteiger partial charge on any atom is 0.287 e. The first kappa shape index (κ1) is 17.8. The smallest absolute Gasteiger partial charge is 0.287 e. The molecular weight excluding hydrogens is 330 g/mol. The molecule has 3 aromatic rings. The van der Waals surface area contributed by atoms with Gasteiger partial charge in [0.15, 0.2) is 5.76 Å². The van der Waals surface area contributed by atoms with Crippen LogP contribution in [0.2, 0.25) is 0 Å². The summed E-state index contributed by atoms with van der Waals surface area (Å²) in [6.45, 7) is 6.67. The van der Waals surface area contributed by atoms with Crippen LogP contribution in [0.5, 0.6) is 5.75 Å². The second kappa shape index (κ2) is 7.47. The van der Waals surface area contributed by atoms with Crippen molar-refractivity contribution in [3.05, 3.63) is 70.4 Å². The lowest BCUT2D eigenvalue weighted by molar-refractivity contribution is 0.0919. The van der Waals surface area contributed by atoms with Crippen molar-refractivity contribution >= 4 is 5.91 Å². The monoisotopic (exact) mass is 353 g/mol. The number of aromatic nitrogens is 2. The molecule has 0 unspecified atom stereocenters. The number of hydrogen-bond acceptors (Lipinski definition) is 4. The van der Waals surface area contributed by atoms with Crippen LogP contribution in [0.15, 0.2) is 40.9 Å². The summed E-state index contributed by atoms with van der Waals surface area (Å²) in [5.74, 6) is 1.44. The molecule has 0 aliphatic carbocycles. The maximum absolute atomic E-state index is 12.2. The first-order valence-corrected chi connectivity index (χ1v) is 8.48. The van der Waals surface area contributed by atoms with Gasteiger partial charge < -0.3 is 14.5 Å². The van der Waals surface area contributed by atoms with Crippen LogP contribution in [0.4, 0.5) is 0 Å². The van der Waals surface area contributed by atoms with Crippen molar-refractivity contribution in [3.8, 4) is 5.75 Å². The van der Waals surface area contributed by atoms with Crippen LogP contribution in [-0.2, 0) is 20.2 Å². The third-order valence-corrected chi connectivity index (χ3v) is 4.38. The Morgan fingerprint density at radius 1 is 1.23 bits per heavy atom. The Morgan fingerprint density at radius 2 is 2.04 bits per heavy atom. The van der Waals surface area contributed by atoms with E-state index in [1.807, 2.05) is 46.0 Å². The van der Waals surface area contributed by atoms with Crippen molar-refractivity contribution in [1.29, 1.82) is 0 Å². The first-order valence-electron chi connectivity index (χ1n) is 8.48. The highest BCUT2D eigenvalue weighted by Crippen LogP contribution is 2.21. The topological polar surface area (TPSA) is 69.3 Å². The Hall–Kier alpha value is -3.02. The van der Waals surface area contributed by atoms with Crippen molar-refractivity contribution in [2.24, 2.45) is 7.05 Å². The normalized spacial score (nSPS) is 10.8. The molecule has 0 bridgehead atoms. The molecule has 136 valence electrons. The predicted molar refractivity (Wildman–Crippen MR) is 98.1 cm³/mol. The van der Waals surface area contributed by atoms with E-state index in [2.05, 4.69) is 10.4 Å². The van der Waals surface area contributed by atoms with Crippen LogP contribution >= 0.6 is 0 Å². The summed E-state index contributed by atoms with van der Waals surface area (Å²) in [6, 6.07) is 9.47. The van der Waals surface area contributed by atoms with Crippen LogP contribution in [0.25, 0.3) is 0 Å². The van der Waals surface area contributed by atoms with E-state index in [9.17, 15) is 4.79 Å². The number of nitrogens with one attached hydrogen (secondary N) is 1. The van der Waals surface area contributed by atoms with Crippen LogP contribution in [-0.4, -0.2) is 15.7 Å². The van der Waals surface area contributed by atoms with Crippen LogP contribution in [0.3, 0.4) is 0 Å². The van der Waals surface area contributed by atoms with Gasteiger partial charge in [-0.05, 0) is 50.1 Å². The third-order valence-electron chi connectivity index (χ3n) is 4.38. The lowest BCUT2D eigenvalue weighted by Gasteiger charge is -2.08. The number of carbonyl (C=O) groups excluding carboxylic acids is 1. The summed E-state index contributed by atoms with van der Waals surface area (Å²) in [5.41, 5.74) is 4.20. The molecule has 2 aromatic heterocycles. The van der Waals surface area contributed by atoms with Gasteiger partial charge in [-0.2, -0.15) is 5.10 Å². The summed E-state index contributed by atoms with van der Waals surface area (Å²) in [6.07, 6.45) is 1.75. The van der Waals surface area contributed by atoms with E-state index in [1.165, 1.54) is 0 Å². The number of ether oxygens (including phenoxy) is 1. The zero-order valence-corrected chi connectivity index (χ0v) is 15.5. The highest BCUT2D eigenvalue weighted by atomic mass is 16.5. The van der Waals surface area contributed by atoms with E-state index in [0.717, 1.165) is 28.1 Å². The fourth-order valence-corrected chi connectivity index (χ4v) is 2.57. The van der Waals surface area contributed by atoms with Crippen molar-refractivity contribution in [2.75, 3.05) is 0 Å². The Labute approximate surface area is 152 Å². The number of benzene rings is 1. The summed E-state index contributed by atoms with van der Waals surface area (Å²) in [7, 11) is 1.87. The van der Waals surface area contributed by atoms with E-state index in [1.54, 1.807) is 23.0 Å². The van der Waals surface area contributed by atoms with Gasteiger partial charge in [0.1, 0.15) is 18.1 Å². The van der Waals surface area contributed by atoms with E-state index in [0.29, 0.717) is 12.3 Å². The Balaban J connectivity index is 1.57. The number of amides is 1. The summed E-state index contributed by atoms with van der Waals surface area (Å²) >= 11 is 0. The van der Waals surface area contributed by atoms with E-state index < -0.39 is 0 Å². The molecule has 2 heterocycles. The fraction of sp³-hybridized carbons (Fsp3) is 0.300. The predicted octanol–water partition coefficient (Wildman–Crippen LogP) is 3.45. The summed E-state index contributed by atoms with van der Waals surface area (Å²) < 4.78 is 13.2. The SMILES string of the molecule is Cc1ccc(C)c(OCc2ccc(C(=O)NCc3cnn(C)c3C)o2)c1. The highest BCUT2D eigenvalue weighted by Gasteiger charge is 2.13. The van der Waals surface area contributed by atoms with Crippen molar-refractivity contribution in [3.63, 3.8) is 0 Å². The zero-order chi connectivity index (χ0) is 18.7. The maximum atomic E-state index is 12.2. The number of carbonyl (C=O) groups is 1. The van der Waals surface area contributed by atoms with Gasteiger partial charge in [-0.3, -0.25) is 9.48 Å². The molecule has 0 spiro atoms. The summed E-state index contributed by atoms with van der Waals surface area (Å²) in [4.78, 5) is 12.2. The molecule has 0 aliphatic rings. The van der Waals surface area contributed by atoms with Crippen LogP contribution < -0.4 is 10.1 Å². The van der Waals surface area contributed by atoms with E-state index in [-0.39, 0.29) is 18.3 Å². The van der Waals surface area contributed by atoms with Crippen LogP contribution in [0.1, 0.15) is 38.7 Å². The molecule has 1 amide bonds. The number of rotatable bonds is 6. The largest absolute Gasteiger partial charge is 0.485 e. The molecular formula is C20H23N3O3. The van der Waals surface area contributed by atoms with Crippen molar-refractivity contribution in [2.45, 2.75) is 33.9 Å². The second-order valence-electron chi connectivity index (χ2n) is 6.39. The molecule has 26 heavy (non-hydrogen) atoms. The van der Waals surface area contributed by atoms with Crippen molar-refractivity contribution in [1.82, 2.24) is 15.1 Å². The Morgan fingerprint density at radius 3 is 2.77 bits per heavy atom. The molecule has 0 atom stereocenters. The fourth-order valence-electron chi connectivity index (χ4n) is 2.57. The molecule has 1 aromatic carbocycles. The standard InChI is InChI=1S/C20H23N3O3/c1-13-5-6-14(2)19(9-13)25-12-17-7-8-18(26-17)20(24)21-10-16-11-22-23(4)15(16)3/h5-9,11H,10,12H2,1-4H3,(H,21,24). The van der Waals surface area contributed by atoms with Gasteiger partial charge in [0.05, 0.1) is 6.20 Å². The molecule has 0 fully saturated rings. The number of hydrogen-bond donors (Lipinski definition) is 1. The molecule has 1 N–H and O–H groups in total. The minimum Gasteiger partial charge on any atom is -0.485 e. The quantitative estimate of drug-likeness (QED) is 0.737. The molecule has 6 heteroatoms. The number of nitrogens with zero attached hydrogens (tertiary/aromatic N) is 2. The average molecular weight is 353 g/mol. The van der Waals surface area contributed by atoms with Gasteiger partial charge in [-0.25, -0.2) is 0 Å². The molecule has 6 nitrogen and oxygen atoms in total. The minimum absolute atomic E-state index is 0.258. The van der Waals surface area contributed by atoms with Gasteiger partial charge in [0.2, 0.25) is 0 Å². The van der Waals surface area contributed by atoms with E-state index in [4.69, 9.17) is 9.15 Å². The van der Waals surface area contributed by atoms with Crippen LogP contribution in [0, 0.1) is 20.8 Å². The third kappa shape index (κ3) is 3.96. The number of aryl methyl sites for hydroxylation is 3. The summed E-state index contributed by atoms with van der Waals surface area (Å²) in [5, 5.41) is 7.01. The van der Waals surface area contributed by atoms with Gasteiger partial charge in [-0.1, -0.05) is 12.1 Å². The average Bonchev–Trinajstić information content (AvgIpc) is 3.22. The first-order chi connectivity index (χ1) is 12.4. The lowest BCUT2D eigenvalue weighted by atomic mass is 10.1. The second-order valence-corrected chi connectivity index (χ2v) is 6.39. The lowest BCUT2D eigenvalue weighted by Crippen LogP contribution is -2.22. The Kier molecular flexibility index (Phi) is 5.11. The highest BCUT2D eigenvalue weighted by molar-refractivity contribution is 5.91. The molecule has 0 aliphatic heterocycles. The molecule has 0 radical (unpaired) electrons. The minimum atomic E-state index is -0.258. The van der Waals surface area contributed by atoms with Gasteiger partial charge in [-0.15, -0.1) is 0 Å². The van der Waals surface area contributed by atoms with E-state index >= 15 is 0 Å². The van der Waals surface area contributed by atoms with Gasteiger partial charge >= 0.3 is 0 Å². The van der Waals surface area contributed by atoms with Gasteiger partial charge in [0.25, 0.3) is 5.91 Å². The zero-order valence-electron chi connectivity index (χ0n) is 15.5. The Bertz CT molecular complexity index is 924.